The van der Waals surface area contributed by atoms with E-state index in [-0.39, 0.29) is 0 Å². The molecule has 0 spiro atoms. The Balaban J connectivity index is 1.60. The van der Waals surface area contributed by atoms with E-state index in [1.807, 2.05) is 12.1 Å². The molecule has 0 aromatic heterocycles. The normalized spacial score (nSPS) is 14.8. The maximum Gasteiger partial charge on any atom is 0.119 e. The summed E-state index contributed by atoms with van der Waals surface area (Å²) in [5, 5.41) is 4.72. The van der Waals surface area contributed by atoms with Gasteiger partial charge in [0.2, 0.25) is 0 Å². The molecule has 130 valence electrons. The van der Waals surface area contributed by atoms with Crippen molar-refractivity contribution in [2.75, 3.05) is 5.09 Å². The molecule has 1 aliphatic rings. The topological polar surface area (TPSA) is 12.0 Å². The van der Waals surface area contributed by atoms with Crippen LogP contribution in [0.15, 0.2) is 97.1 Å². The second-order valence-corrected chi connectivity index (χ2v) is 8.90. The van der Waals surface area contributed by atoms with Crippen molar-refractivity contribution in [3.05, 3.63) is 97.1 Å². The average molecular weight is 386 g/mol. The summed E-state index contributed by atoms with van der Waals surface area (Å²) >= 11 is 6.79. The molecule has 0 fully saturated rings. The molecule has 0 bridgehead atoms. The van der Waals surface area contributed by atoms with E-state index in [1.165, 1.54) is 38.7 Å². The highest BCUT2D eigenvalue weighted by Crippen LogP contribution is 2.51. The van der Waals surface area contributed by atoms with Crippen LogP contribution in [-0.2, 0) is 0 Å². The predicted molar refractivity (Wildman–Crippen MR) is 119 cm³/mol. The van der Waals surface area contributed by atoms with Crippen molar-refractivity contribution in [3.8, 4) is 33.4 Å². The first-order valence-electron chi connectivity index (χ1n) is 8.91. The van der Waals surface area contributed by atoms with E-state index in [4.69, 9.17) is 11.2 Å². The maximum absolute atomic E-state index is 6.79. The molecule has 1 aliphatic heterocycles. The first-order valence-corrected chi connectivity index (χ1v) is 11.2. The van der Waals surface area contributed by atoms with Crippen LogP contribution in [0, 0.1) is 0 Å². The molecule has 0 radical (unpaired) electrons. The third kappa shape index (κ3) is 3.04. The number of nitrogens with one attached hydrogen (secondary N) is 1. The van der Waals surface area contributed by atoms with Crippen molar-refractivity contribution in [1.29, 1.82) is 0 Å². The molecule has 1 nitrogen and oxygen atoms in total. The molecule has 1 atom stereocenters. The minimum absolute atomic E-state index is 0.960. The minimum atomic E-state index is -0.960. The molecular formula is C24H17ClNP. The fraction of sp³-hybridized carbons (Fsp3) is 0. The Labute approximate surface area is 165 Å². The average Bonchev–Trinajstić information content (AvgIpc) is 2.74. The summed E-state index contributed by atoms with van der Waals surface area (Å²) in [4.78, 5) is 0. The Hall–Kier alpha value is -2.60. The summed E-state index contributed by atoms with van der Waals surface area (Å²) in [5.74, 6) is 0. The molecule has 5 rings (SSSR count). The van der Waals surface area contributed by atoms with Gasteiger partial charge in [0.15, 0.2) is 0 Å². The number of rotatable bonds is 2. The van der Waals surface area contributed by atoms with Crippen LogP contribution in [0.3, 0.4) is 0 Å². The number of hydrogen-bond acceptors (Lipinski definition) is 1. The Bertz CT molecular complexity index is 1110. The third-order valence-electron chi connectivity index (χ3n) is 4.95. The molecular weight excluding hydrogens is 369 g/mol. The molecule has 27 heavy (non-hydrogen) atoms. The molecule has 1 heterocycles. The molecule has 3 heteroatoms. The van der Waals surface area contributed by atoms with Gasteiger partial charge in [0.25, 0.3) is 0 Å². The lowest BCUT2D eigenvalue weighted by Crippen LogP contribution is -2.13. The van der Waals surface area contributed by atoms with E-state index < -0.39 is 7.43 Å². The molecule has 4 aromatic rings. The van der Waals surface area contributed by atoms with E-state index in [9.17, 15) is 0 Å². The van der Waals surface area contributed by atoms with Crippen molar-refractivity contribution >= 4 is 29.7 Å². The van der Waals surface area contributed by atoms with Crippen LogP contribution in [0.4, 0.5) is 5.69 Å². The van der Waals surface area contributed by atoms with Crippen LogP contribution < -0.4 is 10.4 Å². The third-order valence-corrected chi connectivity index (χ3v) is 6.98. The van der Waals surface area contributed by atoms with Gasteiger partial charge < -0.3 is 5.09 Å². The lowest BCUT2D eigenvalue weighted by Gasteiger charge is -2.26. The second-order valence-electron chi connectivity index (χ2n) is 6.62. The van der Waals surface area contributed by atoms with E-state index >= 15 is 0 Å². The van der Waals surface area contributed by atoms with Gasteiger partial charge in [-0.3, -0.25) is 0 Å². The molecule has 4 aromatic carbocycles. The van der Waals surface area contributed by atoms with Crippen LogP contribution in [0.5, 0.6) is 0 Å². The zero-order chi connectivity index (χ0) is 18.2. The van der Waals surface area contributed by atoms with Crippen molar-refractivity contribution in [1.82, 2.24) is 0 Å². The predicted octanol–water partition coefficient (Wildman–Crippen LogP) is 7.29. The van der Waals surface area contributed by atoms with E-state index in [2.05, 4.69) is 90.0 Å². The Morgan fingerprint density at radius 3 is 1.74 bits per heavy atom. The zero-order valence-electron chi connectivity index (χ0n) is 14.6. The molecule has 0 saturated heterocycles. The van der Waals surface area contributed by atoms with Gasteiger partial charge in [-0.25, -0.2) is 0 Å². The highest BCUT2D eigenvalue weighted by molar-refractivity contribution is 7.91. The van der Waals surface area contributed by atoms with Gasteiger partial charge in [0.05, 0.1) is 0 Å². The summed E-state index contributed by atoms with van der Waals surface area (Å²) in [6.07, 6.45) is 0. The smallest absolute Gasteiger partial charge is 0.119 e. The van der Waals surface area contributed by atoms with E-state index in [0.717, 1.165) is 5.69 Å². The largest absolute Gasteiger partial charge is 0.348 e. The Kier molecular flexibility index (Phi) is 4.20. The molecule has 0 amide bonds. The van der Waals surface area contributed by atoms with E-state index in [1.54, 1.807) is 0 Å². The fourth-order valence-corrected chi connectivity index (χ4v) is 5.45. The minimum Gasteiger partial charge on any atom is -0.348 e. The Morgan fingerprint density at radius 1 is 0.556 bits per heavy atom. The van der Waals surface area contributed by atoms with Crippen molar-refractivity contribution in [2.45, 2.75) is 0 Å². The summed E-state index contributed by atoms with van der Waals surface area (Å²) in [7, 11) is -0.960. The van der Waals surface area contributed by atoms with Crippen LogP contribution in [-0.4, -0.2) is 0 Å². The summed E-state index contributed by atoms with van der Waals surface area (Å²) < 4.78 is 0. The lowest BCUT2D eigenvalue weighted by atomic mass is 9.96. The number of hydrogen-bond donors (Lipinski definition) is 1. The number of fused-ring (bicyclic) bond motifs is 3. The number of benzene rings is 4. The molecule has 1 unspecified atom stereocenters. The van der Waals surface area contributed by atoms with Crippen LogP contribution >= 0.6 is 18.7 Å². The molecule has 0 aliphatic carbocycles. The van der Waals surface area contributed by atoms with Crippen LogP contribution in [0.2, 0.25) is 0 Å². The molecule has 0 saturated carbocycles. The van der Waals surface area contributed by atoms with Crippen molar-refractivity contribution in [3.63, 3.8) is 0 Å². The standard InChI is InChI=1S/C24H17ClNP/c25-27-24-16-20(18-9-5-2-6-10-18)12-14-22(24)21-13-11-19(15-23(21)26-27)17-7-3-1-4-8-17/h1-16,26H. The van der Waals surface area contributed by atoms with Crippen molar-refractivity contribution < 1.29 is 0 Å². The van der Waals surface area contributed by atoms with Gasteiger partial charge in [-0.15, -0.1) is 0 Å². The van der Waals surface area contributed by atoms with Crippen LogP contribution in [0.25, 0.3) is 33.4 Å². The second kappa shape index (κ2) is 6.85. The van der Waals surface area contributed by atoms with Gasteiger partial charge >= 0.3 is 0 Å². The van der Waals surface area contributed by atoms with E-state index in [0.29, 0.717) is 0 Å². The molecule has 1 N–H and O–H groups in total. The highest BCUT2D eigenvalue weighted by Gasteiger charge is 2.23. The lowest BCUT2D eigenvalue weighted by molar-refractivity contribution is 1.57. The van der Waals surface area contributed by atoms with Gasteiger partial charge in [-0.05, 0) is 39.9 Å². The van der Waals surface area contributed by atoms with Gasteiger partial charge in [0.1, 0.15) is 7.43 Å². The zero-order valence-corrected chi connectivity index (χ0v) is 16.2. The van der Waals surface area contributed by atoms with Crippen molar-refractivity contribution in [2.24, 2.45) is 0 Å². The summed E-state index contributed by atoms with van der Waals surface area (Å²) in [5.41, 5.74) is 8.38. The first kappa shape index (κ1) is 16.6. The van der Waals surface area contributed by atoms with Gasteiger partial charge in [0, 0.05) is 16.6 Å². The fourth-order valence-electron chi connectivity index (χ4n) is 3.58. The summed E-state index contributed by atoms with van der Waals surface area (Å²) in [6, 6.07) is 34.1. The quantitative estimate of drug-likeness (QED) is 0.357. The van der Waals surface area contributed by atoms with Crippen LogP contribution in [0.1, 0.15) is 0 Å². The van der Waals surface area contributed by atoms with Gasteiger partial charge in [-0.2, -0.15) is 0 Å². The number of halogens is 1. The SMILES string of the molecule is ClP1Nc2cc(-c3ccccc3)ccc2-c2ccc(-c3ccccc3)cc21. The Morgan fingerprint density at radius 2 is 1.11 bits per heavy atom. The highest BCUT2D eigenvalue weighted by atomic mass is 35.7. The van der Waals surface area contributed by atoms with Gasteiger partial charge in [-0.1, -0.05) is 96.2 Å². The maximum atomic E-state index is 6.79. The number of anilines is 1. The monoisotopic (exact) mass is 385 g/mol. The summed E-state index contributed by atoms with van der Waals surface area (Å²) in [6.45, 7) is 0. The first-order chi connectivity index (χ1) is 13.3.